The van der Waals surface area contributed by atoms with Crippen LogP contribution in [0.1, 0.15) is 23.9 Å². The Labute approximate surface area is 164 Å². The number of nitrogens with zero attached hydrogens (tertiary/aromatic N) is 4. The van der Waals surface area contributed by atoms with Gasteiger partial charge in [0.05, 0.1) is 6.54 Å². The minimum atomic E-state index is 0.205. The lowest BCUT2D eigenvalue weighted by atomic mass is 10.1. The Morgan fingerprint density at radius 3 is 2.48 bits per heavy atom. The highest BCUT2D eigenvalue weighted by Gasteiger charge is 2.10. The molecule has 0 bridgehead atoms. The van der Waals surface area contributed by atoms with Crippen molar-refractivity contribution in [2.75, 3.05) is 18.1 Å². The molecule has 0 saturated carbocycles. The van der Waals surface area contributed by atoms with Crippen molar-refractivity contribution in [1.82, 2.24) is 19.9 Å². The van der Waals surface area contributed by atoms with E-state index >= 15 is 0 Å². The highest BCUT2D eigenvalue weighted by Crippen LogP contribution is 2.19. The predicted octanol–water partition coefficient (Wildman–Crippen LogP) is 4.05. The van der Waals surface area contributed by atoms with Crippen LogP contribution in [0.5, 0.6) is 0 Å². The van der Waals surface area contributed by atoms with Crippen molar-refractivity contribution in [3.05, 3.63) is 70.5 Å². The van der Waals surface area contributed by atoms with Crippen molar-refractivity contribution in [3.63, 3.8) is 0 Å². The van der Waals surface area contributed by atoms with Crippen molar-refractivity contribution in [2.45, 2.75) is 26.4 Å². The van der Waals surface area contributed by atoms with Crippen LogP contribution in [0.2, 0.25) is 5.02 Å². The number of para-hydroxylation sites is 1. The quantitative estimate of drug-likeness (QED) is 0.641. The zero-order valence-electron chi connectivity index (χ0n) is 15.5. The van der Waals surface area contributed by atoms with E-state index in [1.54, 1.807) is 0 Å². The lowest BCUT2D eigenvalue weighted by Gasteiger charge is -2.16. The Bertz CT molecular complexity index is 897. The highest BCUT2D eigenvalue weighted by molar-refractivity contribution is 6.30. The minimum Gasteiger partial charge on any atom is -0.368 e. The van der Waals surface area contributed by atoms with Crippen LogP contribution >= 0.6 is 11.6 Å². The lowest BCUT2D eigenvalue weighted by molar-refractivity contribution is 0.310. The third kappa shape index (κ3) is 5.39. The molecule has 0 aliphatic rings. The fraction of sp³-hybridized carbons (Fsp3) is 0.250. The van der Waals surface area contributed by atoms with Crippen LogP contribution in [0.4, 0.5) is 17.6 Å². The van der Waals surface area contributed by atoms with E-state index in [2.05, 4.69) is 38.2 Å². The van der Waals surface area contributed by atoms with Crippen molar-refractivity contribution in [1.29, 1.82) is 0 Å². The average Bonchev–Trinajstić information content (AvgIpc) is 2.63. The van der Waals surface area contributed by atoms with E-state index in [1.165, 1.54) is 11.1 Å². The molecule has 140 valence electrons. The number of hydrogen-bond donors (Lipinski definition) is 2. The van der Waals surface area contributed by atoms with Gasteiger partial charge < -0.3 is 11.1 Å². The molecule has 3 N–H and O–H groups in total. The first-order chi connectivity index (χ1) is 13.0. The number of nitrogens with two attached hydrogens (primary N) is 1. The molecule has 3 rings (SSSR count). The van der Waals surface area contributed by atoms with Crippen molar-refractivity contribution >= 4 is 29.2 Å². The Hall–Kier alpha value is -2.70. The molecular formula is C20H23ClN6. The Kier molecular flexibility index (Phi) is 6.21. The van der Waals surface area contributed by atoms with Crippen LogP contribution in [0, 0.1) is 0 Å². The normalized spacial score (nSPS) is 11.0. The summed E-state index contributed by atoms with van der Waals surface area (Å²) in [6.07, 6.45) is 0.917. The molecular weight excluding hydrogens is 360 g/mol. The monoisotopic (exact) mass is 382 g/mol. The standard InChI is InChI=1S/C20H23ClN6/c1-3-15-6-4-5-7-17(15)23-20-25-18(24-19(22)26-20)13-27(2)12-14-8-10-16(21)11-9-14/h4-11H,3,12-13H2,1-2H3,(H3,22,23,24,25,26). The van der Waals surface area contributed by atoms with E-state index in [0.717, 1.165) is 23.7 Å². The molecule has 2 aromatic carbocycles. The zero-order chi connectivity index (χ0) is 19.2. The maximum absolute atomic E-state index is 5.94. The molecule has 0 unspecified atom stereocenters. The first-order valence-corrected chi connectivity index (χ1v) is 9.19. The predicted molar refractivity (Wildman–Crippen MR) is 110 cm³/mol. The number of aryl methyl sites for hydroxylation is 1. The topological polar surface area (TPSA) is 80.0 Å². The van der Waals surface area contributed by atoms with Crippen LogP contribution in [0.15, 0.2) is 48.5 Å². The van der Waals surface area contributed by atoms with Gasteiger partial charge in [-0.3, -0.25) is 4.90 Å². The van der Waals surface area contributed by atoms with E-state index < -0.39 is 0 Å². The van der Waals surface area contributed by atoms with E-state index in [1.807, 2.05) is 49.5 Å². The second-order valence-electron chi connectivity index (χ2n) is 6.37. The number of nitrogens with one attached hydrogen (secondary N) is 1. The summed E-state index contributed by atoms with van der Waals surface area (Å²) >= 11 is 5.94. The highest BCUT2D eigenvalue weighted by atomic mass is 35.5. The zero-order valence-corrected chi connectivity index (χ0v) is 16.2. The first kappa shape index (κ1) is 19.1. The minimum absolute atomic E-state index is 0.205. The second kappa shape index (κ2) is 8.79. The molecule has 0 aliphatic heterocycles. The Morgan fingerprint density at radius 1 is 1.00 bits per heavy atom. The molecule has 1 heterocycles. The number of benzene rings is 2. The summed E-state index contributed by atoms with van der Waals surface area (Å²) in [5, 5.41) is 3.99. The summed E-state index contributed by atoms with van der Waals surface area (Å²) in [4.78, 5) is 15.1. The van der Waals surface area contributed by atoms with Gasteiger partial charge in [0.15, 0.2) is 0 Å². The Morgan fingerprint density at radius 2 is 1.74 bits per heavy atom. The second-order valence-corrected chi connectivity index (χ2v) is 6.80. The van der Waals surface area contributed by atoms with Crippen LogP contribution in [0.25, 0.3) is 0 Å². The number of rotatable bonds is 7. The molecule has 0 radical (unpaired) electrons. The van der Waals surface area contributed by atoms with Gasteiger partial charge in [-0.15, -0.1) is 0 Å². The van der Waals surface area contributed by atoms with Crippen LogP contribution in [0.3, 0.4) is 0 Å². The van der Waals surface area contributed by atoms with Crippen molar-refractivity contribution in [2.24, 2.45) is 0 Å². The molecule has 0 atom stereocenters. The summed E-state index contributed by atoms with van der Waals surface area (Å²) < 4.78 is 0. The van der Waals surface area contributed by atoms with Crippen LogP contribution in [-0.4, -0.2) is 26.9 Å². The summed E-state index contributed by atoms with van der Waals surface area (Å²) in [6, 6.07) is 15.9. The third-order valence-electron chi connectivity index (χ3n) is 4.12. The Balaban J connectivity index is 1.72. The van der Waals surface area contributed by atoms with E-state index in [9.17, 15) is 0 Å². The van der Waals surface area contributed by atoms with Crippen LogP contribution < -0.4 is 11.1 Å². The number of hydrogen-bond acceptors (Lipinski definition) is 6. The maximum atomic E-state index is 5.94. The SMILES string of the molecule is CCc1ccccc1Nc1nc(N)nc(CN(C)Cc2ccc(Cl)cc2)n1. The van der Waals surface area contributed by atoms with Gasteiger partial charge in [-0.25, -0.2) is 0 Å². The molecule has 0 aliphatic carbocycles. The fourth-order valence-corrected chi connectivity index (χ4v) is 2.96. The smallest absolute Gasteiger partial charge is 0.232 e. The summed E-state index contributed by atoms with van der Waals surface area (Å²) in [5.41, 5.74) is 9.23. The van der Waals surface area contributed by atoms with Crippen molar-refractivity contribution in [3.8, 4) is 0 Å². The van der Waals surface area contributed by atoms with Crippen molar-refractivity contribution < 1.29 is 0 Å². The molecule has 0 spiro atoms. The summed E-state index contributed by atoms with van der Waals surface area (Å²) in [5.74, 6) is 1.28. The average molecular weight is 383 g/mol. The van der Waals surface area contributed by atoms with Crippen LogP contribution in [-0.2, 0) is 19.5 Å². The summed E-state index contributed by atoms with van der Waals surface area (Å²) in [7, 11) is 2.01. The molecule has 0 amide bonds. The summed E-state index contributed by atoms with van der Waals surface area (Å²) in [6.45, 7) is 3.42. The van der Waals surface area contributed by atoms with Gasteiger partial charge in [-0.2, -0.15) is 15.0 Å². The van der Waals surface area contributed by atoms with Gasteiger partial charge in [-0.1, -0.05) is 48.9 Å². The lowest BCUT2D eigenvalue weighted by Crippen LogP contribution is -2.20. The molecule has 1 aromatic heterocycles. The largest absolute Gasteiger partial charge is 0.368 e. The molecule has 27 heavy (non-hydrogen) atoms. The number of anilines is 3. The van der Waals surface area contributed by atoms with Gasteiger partial charge in [0.2, 0.25) is 11.9 Å². The maximum Gasteiger partial charge on any atom is 0.232 e. The van der Waals surface area contributed by atoms with Gasteiger partial charge in [0, 0.05) is 17.3 Å². The van der Waals surface area contributed by atoms with E-state index in [-0.39, 0.29) is 5.95 Å². The molecule has 6 nitrogen and oxygen atoms in total. The van der Waals surface area contributed by atoms with Gasteiger partial charge in [0.25, 0.3) is 0 Å². The van der Waals surface area contributed by atoms with Gasteiger partial charge in [0.1, 0.15) is 5.82 Å². The fourth-order valence-electron chi connectivity index (χ4n) is 2.83. The van der Waals surface area contributed by atoms with E-state index in [0.29, 0.717) is 18.3 Å². The molecule has 0 fully saturated rings. The third-order valence-corrected chi connectivity index (χ3v) is 4.37. The number of aromatic nitrogens is 3. The van der Waals surface area contributed by atoms with Gasteiger partial charge >= 0.3 is 0 Å². The van der Waals surface area contributed by atoms with E-state index in [4.69, 9.17) is 17.3 Å². The molecule has 7 heteroatoms. The number of nitrogen functional groups attached to an aromatic ring is 1. The first-order valence-electron chi connectivity index (χ1n) is 8.82. The molecule has 3 aromatic rings. The van der Waals surface area contributed by atoms with Gasteiger partial charge in [-0.05, 0) is 42.8 Å². The molecule has 0 saturated heterocycles. The number of halogens is 1.